The number of para-hydroxylation sites is 1. The van der Waals surface area contributed by atoms with Crippen molar-refractivity contribution in [3.8, 4) is 23.0 Å². The van der Waals surface area contributed by atoms with Crippen LogP contribution in [0.25, 0.3) is 17.0 Å². The Morgan fingerprint density at radius 1 is 0.949 bits per heavy atom. The van der Waals surface area contributed by atoms with Gasteiger partial charge in [-0.2, -0.15) is 0 Å². The fourth-order valence-corrected chi connectivity index (χ4v) is 6.00. The first kappa shape index (κ1) is 23.6. The molecule has 3 aliphatic rings. The Bertz CT molecular complexity index is 1730. The van der Waals surface area contributed by atoms with Gasteiger partial charge in [0.15, 0.2) is 27.3 Å². The molecule has 1 aromatic heterocycles. The summed E-state index contributed by atoms with van der Waals surface area (Å²) in [5.41, 5.74) is 2.92. The number of ether oxygens (including phenoxy) is 4. The van der Waals surface area contributed by atoms with Crippen LogP contribution in [0.3, 0.4) is 0 Å². The van der Waals surface area contributed by atoms with Gasteiger partial charge in [0.05, 0.1) is 10.6 Å². The molecule has 0 atom stereocenters. The second kappa shape index (κ2) is 9.37. The normalized spacial score (nSPS) is 16.5. The molecule has 0 unspecified atom stereocenters. The lowest BCUT2D eigenvalue weighted by Gasteiger charge is -2.14. The van der Waals surface area contributed by atoms with Gasteiger partial charge in [0.2, 0.25) is 19.5 Å². The number of aromatic nitrogens is 1. The molecule has 9 nitrogen and oxygen atoms in total. The van der Waals surface area contributed by atoms with E-state index in [2.05, 4.69) is 5.32 Å². The summed E-state index contributed by atoms with van der Waals surface area (Å²) in [6.45, 7) is 0.400. The van der Waals surface area contributed by atoms with Crippen LogP contribution < -0.4 is 29.2 Å². The maximum atomic E-state index is 13.4. The summed E-state index contributed by atoms with van der Waals surface area (Å²) in [6.07, 6.45) is 3.69. The van der Waals surface area contributed by atoms with Gasteiger partial charge >= 0.3 is 0 Å². The van der Waals surface area contributed by atoms with Crippen LogP contribution in [0.2, 0.25) is 0 Å². The molecule has 194 valence electrons. The molecule has 0 saturated carbocycles. The number of nitrogens with one attached hydrogen (secondary N) is 1. The molecular formula is C28H19N3O6S2. The lowest BCUT2D eigenvalue weighted by atomic mass is 10.1. The van der Waals surface area contributed by atoms with Crippen molar-refractivity contribution >= 4 is 68.5 Å². The van der Waals surface area contributed by atoms with Gasteiger partial charge in [-0.3, -0.25) is 14.5 Å². The van der Waals surface area contributed by atoms with Crippen LogP contribution in [-0.2, 0) is 16.1 Å². The number of rotatable bonds is 5. The number of carbonyl (C=O) groups is 2. The number of benzene rings is 3. The van der Waals surface area contributed by atoms with Crippen molar-refractivity contribution in [2.24, 2.45) is 0 Å². The number of carbonyl (C=O) groups excluding carboxylic acids is 2. The third-order valence-corrected chi connectivity index (χ3v) is 7.79. The summed E-state index contributed by atoms with van der Waals surface area (Å²) >= 11 is 6.79. The van der Waals surface area contributed by atoms with Gasteiger partial charge in [-0.1, -0.05) is 42.2 Å². The van der Waals surface area contributed by atoms with E-state index >= 15 is 0 Å². The zero-order chi connectivity index (χ0) is 26.5. The number of amides is 2. The molecule has 3 aromatic carbocycles. The van der Waals surface area contributed by atoms with Crippen molar-refractivity contribution in [1.82, 2.24) is 4.57 Å². The van der Waals surface area contributed by atoms with Crippen LogP contribution in [0.4, 0.5) is 11.4 Å². The number of thiocarbonyl (C=S) groups is 1. The summed E-state index contributed by atoms with van der Waals surface area (Å²) in [7, 11) is 0. The Morgan fingerprint density at radius 3 is 2.49 bits per heavy atom. The van der Waals surface area contributed by atoms with Crippen LogP contribution >= 0.6 is 24.0 Å². The van der Waals surface area contributed by atoms with E-state index in [1.807, 2.05) is 41.1 Å². The summed E-state index contributed by atoms with van der Waals surface area (Å²) in [5, 5.41) is 3.83. The third-order valence-electron chi connectivity index (χ3n) is 6.48. The average molecular weight is 558 g/mol. The summed E-state index contributed by atoms with van der Waals surface area (Å²) in [4.78, 5) is 28.3. The molecule has 0 spiro atoms. The van der Waals surface area contributed by atoms with E-state index in [1.165, 1.54) is 16.7 Å². The topological polar surface area (TPSA) is 91.3 Å². The Kier molecular flexibility index (Phi) is 5.67. The van der Waals surface area contributed by atoms with E-state index in [-0.39, 0.29) is 31.9 Å². The monoisotopic (exact) mass is 557 g/mol. The molecule has 11 heteroatoms. The van der Waals surface area contributed by atoms with Crippen LogP contribution in [0, 0.1) is 0 Å². The van der Waals surface area contributed by atoms with E-state index in [0.717, 1.165) is 16.5 Å². The highest BCUT2D eigenvalue weighted by molar-refractivity contribution is 8.27. The number of thioether (sulfide) groups is 1. The lowest BCUT2D eigenvalue weighted by Crippen LogP contribution is -2.27. The first-order valence-electron chi connectivity index (χ1n) is 12.0. The fraction of sp³-hybridized carbons (Fsp3) is 0.107. The maximum Gasteiger partial charge on any atom is 0.270 e. The molecule has 1 N–H and O–H groups in total. The first-order chi connectivity index (χ1) is 19.0. The van der Waals surface area contributed by atoms with E-state index in [4.69, 9.17) is 31.2 Å². The van der Waals surface area contributed by atoms with Gasteiger partial charge in [0.1, 0.15) is 6.54 Å². The lowest BCUT2D eigenvalue weighted by molar-refractivity contribution is -0.116. The minimum atomic E-state index is -0.221. The molecule has 0 aliphatic carbocycles. The predicted octanol–water partition coefficient (Wildman–Crippen LogP) is 5.14. The van der Waals surface area contributed by atoms with Crippen molar-refractivity contribution in [2.45, 2.75) is 6.54 Å². The second-order valence-corrected chi connectivity index (χ2v) is 10.6. The molecule has 1 saturated heterocycles. The molecule has 0 radical (unpaired) electrons. The van der Waals surface area contributed by atoms with Crippen LogP contribution in [0.15, 0.2) is 71.8 Å². The number of anilines is 2. The van der Waals surface area contributed by atoms with Crippen molar-refractivity contribution in [3.63, 3.8) is 0 Å². The SMILES string of the molecule is O=C(Cn1cc(/C=C2\SC(=S)N(c3ccc4c(c3)OCO4)C2=O)c2ccccc21)Nc1ccc2c(c1)OCO2. The Morgan fingerprint density at radius 2 is 1.67 bits per heavy atom. The third kappa shape index (κ3) is 4.25. The number of fused-ring (bicyclic) bond motifs is 3. The minimum absolute atomic E-state index is 0.0843. The quantitative estimate of drug-likeness (QED) is 0.266. The standard InChI is InChI=1S/C28H19N3O6S2/c32-26(29-17-5-7-21-23(10-17)36-14-34-21)13-30-12-16(19-3-1-2-4-20(19)30)9-25-27(33)31(28(38)39-25)18-6-8-22-24(11-18)37-15-35-22/h1-12H,13-15H2,(H,29,32)/b25-9-. The second-order valence-electron chi connectivity index (χ2n) is 8.90. The zero-order valence-electron chi connectivity index (χ0n) is 20.2. The van der Waals surface area contributed by atoms with Gasteiger partial charge in [-0.05, 0) is 36.4 Å². The molecule has 39 heavy (non-hydrogen) atoms. The van der Waals surface area contributed by atoms with Crippen LogP contribution in [-0.4, -0.2) is 34.3 Å². The Labute approximate surface area is 231 Å². The van der Waals surface area contributed by atoms with E-state index in [1.54, 1.807) is 36.4 Å². The van der Waals surface area contributed by atoms with E-state index < -0.39 is 0 Å². The average Bonchev–Trinajstić information content (AvgIpc) is 3.71. The van der Waals surface area contributed by atoms with Gasteiger partial charge in [0, 0.05) is 40.5 Å². The Hall–Kier alpha value is -4.48. The number of hydrogen-bond acceptors (Lipinski definition) is 8. The number of nitrogens with zero attached hydrogens (tertiary/aromatic N) is 2. The van der Waals surface area contributed by atoms with Crippen molar-refractivity contribution < 1.29 is 28.5 Å². The maximum absolute atomic E-state index is 13.4. The summed E-state index contributed by atoms with van der Waals surface area (Å²) < 4.78 is 23.9. The van der Waals surface area contributed by atoms with E-state index in [0.29, 0.717) is 43.6 Å². The highest BCUT2D eigenvalue weighted by atomic mass is 32.2. The van der Waals surface area contributed by atoms with Crippen molar-refractivity contribution in [3.05, 3.63) is 77.3 Å². The fourth-order valence-electron chi connectivity index (χ4n) is 4.71. The molecule has 7 rings (SSSR count). The zero-order valence-corrected chi connectivity index (χ0v) is 21.8. The highest BCUT2D eigenvalue weighted by Crippen LogP contribution is 2.41. The van der Waals surface area contributed by atoms with Crippen LogP contribution in [0.5, 0.6) is 23.0 Å². The molecule has 2 amide bonds. The molecule has 1 fully saturated rings. The molecule has 4 aromatic rings. The minimum Gasteiger partial charge on any atom is -0.454 e. The largest absolute Gasteiger partial charge is 0.454 e. The summed E-state index contributed by atoms with van der Waals surface area (Å²) in [6, 6.07) is 18.3. The predicted molar refractivity (Wildman–Crippen MR) is 151 cm³/mol. The highest BCUT2D eigenvalue weighted by Gasteiger charge is 2.34. The molecular weight excluding hydrogens is 538 g/mol. The van der Waals surface area contributed by atoms with Crippen molar-refractivity contribution in [1.29, 1.82) is 0 Å². The summed E-state index contributed by atoms with van der Waals surface area (Å²) in [5.74, 6) is 2.04. The van der Waals surface area contributed by atoms with Gasteiger partial charge in [0.25, 0.3) is 5.91 Å². The van der Waals surface area contributed by atoms with Crippen LogP contribution in [0.1, 0.15) is 5.56 Å². The van der Waals surface area contributed by atoms with Gasteiger partial charge in [-0.25, -0.2) is 0 Å². The van der Waals surface area contributed by atoms with Gasteiger partial charge < -0.3 is 28.8 Å². The molecule has 4 heterocycles. The van der Waals surface area contributed by atoms with E-state index in [9.17, 15) is 9.59 Å². The molecule has 3 aliphatic heterocycles. The van der Waals surface area contributed by atoms with Crippen molar-refractivity contribution in [2.75, 3.05) is 23.8 Å². The number of hydrogen-bond donors (Lipinski definition) is 1. The van der Waals surface area contributed by atoms with Gasteiger partial charge in [-0.15, -0.1) is 0 Å². The Balaban J connectivity index is 1.15. The first-order valence-corrected chi connectivity index (χ1v) is 13.2. The smallest absolute Gasteiger partial charge is 0.270 e. The molecule has 0 bridgehead atoms.